The van der Waals surface area contributed by atoms with E-state index in [0.717, 1.165) is 16.5 Å². The van der Waals surface area contributed by atoms with Crippen LogP contribution in [-0.4, -0.2) is 17.1 Å². The number of anilines is 1. The monoisotopic (exact) mass is 232 g/mol. The number of aryl methyl sites for hydroxylation is 2. The minimum absolute atomic E-state index is 0.290. The Morgan fingerprint density at radius 3 is 2.82 bits per heavy atom. The number of nitrogen functional groups attached to an aromatic ring is 1. The smallest absolute Gasteiger partial charge is 0.355 e. The maximum absolute atomic E-state index is 11.9. The number of hydrogen-bond acceptors (Lipinski definition) is 3. The van der Waals surface area contributed by atoms with Gasteiger partial charge in [0.2, 0.25) is 0 Å². The molecule has 0 saturated carbocycles. The molecule has 0 bridgehead atoms. The number of rotatable bonds is 2. The fourth-order valence-electron chi connectivity index (χ4n) is 2.13. The molecule has 0 aliphatic heterocycles. The Morgan fingerprint density at radius 1 is 1.47 bits per heavy atom. The Hall–Kier alpha value is -1.97. The van der Waals surface area contributed by atoms with Crippen molar-refractivity contribution in [1.82, 2.24) is 4.57 Å². The molecule has 0 aliphatic rings. The van der Waals surface area contributed by atoms with E-state index in [0.29, 0.717) is 18.0 Å². The molecule has 0 fully saturated rings. The Balaban J connectivity index is 2.68. The molecule has 0 amide bonds. The number of nitrogens with zero attached hydrogens (tertiary/aromatic N) is 1. The number of carbonyl (C=O) groups excluding carboxylic acids is 1. The van der Waals surface area contributed by atoms with Gasteiger partial charge in [-0.3, -0.25) is 0 Å². The van der Waals surface area contributed by atoms with Crippen LogP contribution in [0.1, 0.15) is 23.0 Å². The van der Waals surface area contributed by atoms with Crippen LogP contribution in [0.5, 0.6) is 0 Å². The van der Waals surface area contributed by atoms with Gasteiger partial charge in [-0.15, -0.1) is 0 Å². The van der Waals surface area contributed by atoms with Crippen molar-refractivity contribution in [2.24, 2.45) is 7.05 Å². The molecule has 0 spiro atoms. The number of hydrogen-bond donors (Lipinski definition) is 1. The van der Waals surface area contributed by atoms with Crippen molar-refractivity contribution >= 4 is 22.6 Å². The third-order valence-corrected chi connectivity index (χ3v) is 2.95. The van der Waals surface area contributed by atoms with Crippen molar-refractivity contribution in [3.8, 4) is 0 Å². The van der Waals surface area contributed by atoms with Crippen LogP contribution >= 0.6 is 0 Å². The molecule has 0 unspecified atom stereocenters. The van der Waals surface area contributed by atoms with Gasteiger partial charge in [-0.1, -0.05) is 6.07 Å². The Kier molecular flexibility index (Phi) is 2.79. The van der Waals surface area contributed by atoms with Crippen molar-refractivity contribution in [2.75, 3.05) is 12.3 Å². The van der Waals surface area contributed by atoms with Gasteiger partial charge in [-0.05, 0) is 31.5 Å². The highest BCUT2D eigenvalue weighted by Crippen LogP contribution is 2.26. The lowest BCUT2D eigenvalue weighted by molar-refractivity contribution is 0.0515. The van der Waals surface area contributed by atoms with Gasteiger partial charge in [-0.2, -0.15) is 0 Å². The van der Waals surface area contributed by atoms with Gasteiger partial charge in [0.25, 0.3) is 0 Å². The van der Waals surface area contributed by atoms with E-state index in [4.69, 9.17) is 10.5 Å². The first-order valence-electron chi connectivity index (χ1n) is 5.58. The van der Waals surface area contributed by atoms with Gasteiger partial charge in [0, 0.05) is 18.1 Å². The Labute approximate surface area is 100.0 Å². The third-order valence-electron chi connectivity index (χ3n) is 2.95. The number of carbonyl (C=O) groups is 1. The third kappa shape index (κ3) is 1.75. The summed E-state index contributed by atoms with van der Waals surface area (Å²) in [5, 5.41) is 1.03. The average molecular weight is 232 g/mol. The minimum Gasteiger partial charge on any atom is -0.461 e. The predicted molar refractivity (Wildman–Crippen MR) is 68.0 cm³/mol. The molecule has 17 heavy (non-hydrogen) atoms. The van der Waals surface area contributed by atoms with Gasteiger partial charge in [-0.25, -0.2) is 4.79 Å². The molecule has 1 heterocycles. The lowest BCUT2D eigenvalue weighted by Crippen LogP contribution is -2.11. The molecule has 0 aliphatic carbocycles. The minimum atomic E-state index is -0.290. The van der Waals surface area contributed by atoms with Crippen LogP contribution in [0.4, 0.5) is 5.69 Å². The molecule has 1 aromatic carbocycles. The van der Waals surface area contributed by atoms with Crippen LogP contribution in [0.25, 0.3) is 10.9 Å². The summed E-state index contributed by atoms with van der Waals surface area (Å²) in [5.41, 5.74) is 8.92. The number of benzene rings is 1. The molecular weight excluding hydrogens is 216 g/mol. The van der Waals surface area contributed by atoms with Crippen LogP contribution in [0, 0.1) is 6.92 Å². The lowest BCUT2D eigenvalue weighted by Gasteiger charge is -2.04. The first-order chi connectivity index (χ1) is 8.06. The Bertz CT molecular complexity index is 585. The summed E-state index contributed by atoms with van der Waals surface area (Å²) in [6, 6.07) is 5.64. The topological polar surface area (TPSA) is 57.2 Å². The maximum Gasteiger partial charge on any atom is 0.355 e. The largest absolute Gasteiger partial charge is 0.461 e. The number of esters is 1. The van der Waals surface area contributed by atoms with E-state index >= 15 is 0 Å². The fourth-order valence-corrected chi connectivity index (χ4v) is 2.13. The first-order valence-corrected chi connectivity index (χ1v) is 5.58. The van der Waals surface area contributed by atoms with Crippen molar-refractivity contribution in [1.29, 1.82) is 0 Å². The summed E-state index contributed by atoms with van der Waals surface area (Å²) in [6.45, 7) is 4.10. The second-order valence-corrected chi connectivity index (χ2v) is 4.03. The van der Waals surface area contributed by atoms with Crippen molar-refractivity contribution in [3.05, 3.63) is 29.5 Å². The molecule has 90 valence electrons. The molecule has 2 N–H and O–H groups in total. The van der Waals surface area contributed by atoms with Gasteiger partial charge in [0.15, 0.2) is 0 Å². The zero-order chi connectivity index (χ0) is 12.6. The summed E-state index contributed by atoms with van der Waals surface area (Å²) in [5.74, 6) is -0.290. The van der Waals surface area contributed by atoms with Gasteiger partial charge in [0.1, 0.15) is 5.69 Å². The molecular formula is C13H16N2O2. The Morgan fingerprint density at radius 2 is 2.18 bits per heavy atom. The molecule has 0 radical (unpaired) electrons. The van der Waals surface area contributed by atoms with E-state index in [2.05, 4.69) is 0 Å². The van der Waals surface area contributed by atoms with E-state index in [1.165, 1.54) is 0 Å². The standard InChI is InChI=1S/C13H16N2O2/c1-4-17-13(16)12-8(2)10-6-5-9(14)7-11(10)15(12)3/h5-7H,4,14H2,1-3H3. The predicted octanol–water partition coefficient (Wildman–Crippen LogP) is 2.25. The molecule has 4 nitrogen and oxygen atoms in total. The van der Waals surface area contributed by atoms with Crippen LogP contribution in [0.15, 0.2) is 18.2 Å². The van der Waals surface area contributed by atoms with Gasteiger partial charge in [0.05, 0.1) is 12.1 Å². The zero-order valence-corrected chi connectivity index (χ0v) is 10.3. The number of ether oxygens (including phenoxy) is 1. The van der Waals surface area contributed by atoms with E-state index in [-0.39, 0.29) is 5.97 Å². The summed E-state index contributed by atoms with van der Waals surface area (Å²) in [7, 11) is 1.85. The van der Waals surface area contributed by atoms with Crippen LogP contribution < -0.4 is 5.73 Å². The summed E-state index contributed by atoms with van der Waals surface area (Å²) in [6.07, 6.45) is 0. The van der Waals surface area contributed by atoms with Crippen molar-refractivity contribution in [2.45, 2.75) is 13.8 Å². The zero-order valence-electron chi connectivity index (χ0n) is 10.3. The van der Waals surface area contributed by atoms with E-state index in [9.17, 15) is 4.79 Å². The van der Waals surface area contributed by atoms with E-state index < -0.39 is 0 Å². The maximum atomic E-state index is 11.9. The second kappa shape index (κ2) is 4.13. The normalized spacial score (nSPS) is 10.8. The first kappa shape index (κ1) is 11.5. The molecule has 4 heteroatoms. The molecule has 0 saturated heterocycles. The highest BCUT2D eigenvalue weighted by Gasteiger charge is 2.19. The van der Waals surface area contributed by atoms with Crippen LogP contribution in [0.3, 0.4) is 0 Å². The van der Waals surface area contributed by atoms with Crippen LogP contribution in [-0.2, 0) is 11.8 Å². The van der Waals surface area contributed by atoms with Crippen molar-refractivity contribution < 1.29 is 9.53 Å². The number of nitrogens with two attached hydrogens (primary N) is 1. The lowest BCUT2D eigenvalue weighted by atomic mass is 10.1. The van der Waals surface area contributed by atoms with E-state index in [1.807, 2.05) is 36.7 Å². The number of aromatic nitrogens is 1. The van der Waals surface area contributed by atoms with Crippen molar-refractivity contribution in [3.63, 3.8) is 0 Å². The SMILES string of the molecule is CCOC(=O)c1c(C)c2ccc(N)cc2n1C. The quantitative estimate of drug-likeness (QED) is 0.638. The van der Waals surface area contributed by atoms with Gasteiger partial charge >= 0.3 is 5.97 Å². The van der Waals surface area contributed by atoms with E-state index in [1.54, 1.807) is 6.92 Å². The highest BCUT2D eigenvalue weighted by molar-refractivity contribution is 5.99. The number of fused-ring (bicyclic) bond motifs is 1. The molecule has 0 atom stereocenters. The summed E-state index contributed by atoms with van der Waals surface area (Å²) in [4.78, 5) is 11.9. The van der Waals surface area contributed by atoms with Crippen LogP contribution in [0.2, 0.25) is 0 Å². The summed E-state index contributed by atoms with van der Waals surface area (Å²) >= 11 is 0. The molecule has 2 rings (SSSR count). The second-order valence-electron chi connectivity index (χ2n) is 4.03. The fraction of sp³-hybridized carbons (Fsp3) is 0.308. The van der Waals surface area contributed by atoms with Gasteiger partial charge < -0.3 is 15.0 Å². The molecule has 2 aromatic rings. The average Bonchev–Trinajstić information content (AvgIpc) is 2.52. The summed E-state index contributed by atoms with van der Waals surface area (Å²) < 4.78 is 6.89. The highest BCUT2D eigenvalue weighted by atomic mass is 16.5. The molecule has 1 aromatic heterocycles.